The fraction of sp³-hybridized carbons (Fsp3) is 0.286. The molecule has 1 aromatic carbocycles. The van der Waals surface area contributed by atoms with Gasteiger partial charge in [0, 0.05) is 15.9 Å². The van der Waals surface area contributed by atoms with Crippen LogP contribution < -0.4 is 10.9 Å². The zero-order chi connectivity index (χ0) is 13.9. The number of anilines is 1. The molecule has 0 aliphatic carbocycles. The van der Waals surface area contributed by atoms with E-state index >= 15 is 0 Å². The van der Waals surface area contributed by atoms with E-state index in [0.717, 1.165) is 40.1 Å². The van der Waals surface area contributed by atoms with Gasteiger partial charge in [0.15, 0.2) is 0 Å². The van der Waals surface area contributed by atoms with Crippen LogP contribution in [0.3, 0.4) is 0 Å². The molecule has 1 aliphatic rings. The summed E-state index contributed by atoms with van der Waals surface area (Å²) in [6, 6.07) is 8.03. The fourth-order valence-electron chi connectivity index (χ4n) is 2.17. The number of aromatic nitrogens is 2. The Kier molecular flexibility index (Phi) is 4.12. The maximum absolute atomic E-state index is 12.0. The molecule has 0 radical (unpaired) electrons. The summed E-state index contributed by atoms with van der Waals surface area (Å²) in [5.41, 5.74) is 0.774. The van der Waals surface area contributed by atoms with Gasteiger partial charge >= 0.3 is 0 Å². The average molecular weight is 352 g/mol. The molecule has 0 atom stereocenters. The lowest BCUT2D eigenvalue weighted by Gasteiger charge is -2.16. The van der Waals surface area contributed by atoms with E-state index in [1.807, 2.05) is 24.3 Å². The highest BCUT2D eigenvalue weighted by molar-refractivity contribution is 9.10. The van der Waals surface area contributed by atoms with E-state index in [-0.39, 0.29) is 5.56 Å². The smallest absolute Gasteiger partial charge is 0.256 e. The number of thioether (sulfide) groups is 1. The van der Waals surface area contributed by atoms with Gasteiger partial charge in [0.25, 0.3) is 5.56 Å². The van der Waals surface area contributed by atoms with Crippen molar-refractivity contribution in [3.8, 4) is 0 Å². The molecule has 4 nitrogen and oxygen atoms in total. The summed E-state index contributed by atoms with van der Waals surface area (Å²) < 4.78 is 1.06. The van der Waals surface area contributed by atoms with E-state index in [1.165, 1.54) is 0 Å². The molecule has 0 saturated heterocycles. The molecule has 0 amide bonds. The maximum Gasteiger partial charge on any atom is 0.256 e. The number of hydrogen-bond donors (Lipinski definition) is 2. The van der Waals surface area contributed by atoms with Gasteiger partial charge in [0.2, 0.25) is 0 Å². The summed E-state index contributed by atoms with van der Waals surface area (Å²) in [6.45, 7) is 0.889. The lowest BCUT2D eigenvalue weighted by molar-refractivity contribution is 0.789. The number of hydrogen-bond acceptors (Lipinski definition) is 4. The van der Waals surface area contributed by atoms with Gasteiger partial charge in [-0.15, -0.1) is 11.8 Å². The van der Waals surface area contributed by atoms with Gasteiger partial charge in [0.1, 0.15) is 11.6 Å². The molecule has 2 N–H and O–H groups in total. The molecular formula is C14H14BrN3OS. The summed E-state index contributed by atoms with van der Waals surface area (Å²) in [6.07, 6.45) is 1.80. The molecule has 1 aromatic heterocycles. The molecule has 2 aromatic rings. The van der Waals surface area contributed by atoms with Gasteiger partial charge in [-0.3, -0.25) is 4.79 Å². The topological polar surface area (TPSA) is 57.8 Å². The number of aromatic amines is 1. The van der Waals surface area contributed by atoms with Gasteiger partial charge < -0.3 is 10.3 Å². The first-order chi connectivity index (χ1) is 9.74. The monoisotopic (exact) mass is 351 g/mol. The van der Waals surface area contributed by atoms with Crippen molar-refractivity contribution in [2.75, 3.05) is 11.9 Å². The molecule has 20 heavy (non-hydrogen) atoms. The van der Waals surface area contributed by atoms with E-state index in [0.29, 0.717) is 11.6 Å². The summed E-state index contributed by atoms with van der Waals surface area (Å²) in [4.78, 5) is 20.5. The SMILES string of the molecule is O=c1[nH]c(CSc2ccccc2Br)nc2c1CCCN2. The Bertz CT molecular complexity index is 686. The summed E-state index contributed by atoms with van der Waals surface area (Å²) >= 11 is 5.17. The number of nitrogens with zero attached hydrogens (tertiary/aromatic N) is 1. The molecule has 104 valence electrons. The minimum atomic E-state index is -0.00933. The van der Waals surface area contributed by atoms with Crippen molar-refractivity contribution >= 4 is 33.5 Å². The Balaban J connectivity index is 1.80. The molecule has 0 fully saturated rings. The molecule has 3 rings (SSSR count). The first-order valence-corrected chi connectivity index (χ1v) is 8.25. The third kappa shape index (κ3) is 2.91. The minimum Gasteiger partial charge on any atom is -0.370 e. The van der Waals surface area contributed by atoms with Crippen LogP contribution in [0.1, 0.15) is 17.8 Å². The van der Waals surface area contributed by atoms with E-state index in [1.54, 1.807) is 11.8 Å². The van der Waals surface area contributed by atoms with Gasteiger partial charge in [-0.2, -0.15) is 0 Å². The standard InChI is InChI=1S/C14H14BrN3OS/c15-10-5-1-2-6-11(10)20-8-12-17-13-9(14(19)18-12)4-3-7-16-13/h1-2,5-6H,3-4,7-8H2,(H2,16,17,18,19). The van der Waals surface area contributed by atoms with Crippen molar-refractivity contribution in [2.24, 2.45) is 0 Å². The summed E-state index contributed by atoms with van der Waals surface area (Å²) in [5.74, 6) is 2.11. The first-order valence-electron chi connectivity index (χ1n) is 6.47. The van der Waals surface area contributed by atoms with Gasteiger partial charge in [-0.25, -0.2) is 4.98 Å². The molecule has 0 saturated carbocycles. The number of fused-ring (bicyclic) bond motifs is 1. The number of nitrogens with one attached hydrogen (secondary N) is 2. The molecular weight excluding hydrogens is 338 g/mol. The van der Waals surface area contributed by atoms with Crippen LogP contribution in [0.25, 0.3) is 0 Å². The fourth-order valence-corrected chi connectivity index (χ4v) is 3.61. The second-order valence-corrected chi connectivity index (χ2v) is 6.46. The Morgan fingerprint density at radius 3 is 3.05 bits per heavy atom. The zero-order valence-corrected chi connectivity index (χ0v) is 13.2. The number of halogens is 1. The highest BCUT2D eigenvalue weighted by Gasteiger charge is 2.15. The minimum absolute atomic E-state index is 0.00933. The van der Waals surface area contributed by atoms with Crippen LogP contribution in [0.5, 0.6) is 0 Å². The Morgan fingerprint density at radius 2 is 2.20 bits per heavy atom. The van der Waals surface area contributed by atoms with E-state index < -0.39 is 0 Å². The van der Waals surface area contributed by atoms with E-state index in [9.17, 15) is 4.79 Å². The first kappa shape index (κ1) is 13.7. The molecule has 0 spiro atoms. The van der Waals surface area contributed by atoms with Crippen LogP contribution in [0.2, 0.25) is 0 Å². The highest BCUT2D eigenvalue weighted by atomic mass is 79.9. The largest absolute Gasteiger partial charge is 0.370 e. The molecule has 1 aliphatic heterocycles. The summed E-state index contributed by atoms with van der Waals surface area (Å²) in [7, 11) is 0. The summed E-state index contributed by atoms with van der Waals surface area (Å²) in [5, 5.41) is 3.20. The molecule has 2 heterocycles. The van der Waals surface area contributed by atoms with Gasteiger partial charge in [-0.05, 0) is 40.9 Å². The Hall–Kier alpha value is -1.27. The maximum atomic E-state index is 12.0. The normalized spacial score (nSPS) is 13.7. The zero-order valence-electron chi connectivity index (χ0n) is 10.8. The second kappa shape index (κ2) is 6.01. The van der Waals surface area contributed by atoms with E-state index in [4.69, 9.17) is 0 Å². The number of rotatable bonds is 3. The van der Waals surface area contributed by atoms with Crippen LogP contribution in [-0.4, -0.2) is 16.5 Å². The molecule has 0 unspecified atom stereocenters. The van der Waals surface area contributed by atoms with Crippen molar-refractivity contribution in [3.63, 3.8) is 0 Å². The highest BCUT2D eigenvalue weighted by Crippen LogP contribution is 2.29. The Labute approximate surface area is 129 Å². The van der Waals surface area contributed by atoms with Crippen LogP contribution in [0.4, 0.5) is 5.82 Å². The van der Waals surface area contributed by atoms with Crippen molar-refractivity contribution in [2.45, 2.75) is 23.5 Å². The third-order valence-corrected chi connectivity index (χ3v) is 5.20. The lowest BCUT2D eigenvalue weighted by atomic mass is 10.1. The average Bonchev–Trinajstić information content (AvgIpc) is 2.46. The lowest BCUT2D eigenvalue weighted by Crippen LogP contribution is -2.24. The van der Waals surface area contributed by atoms with Gasteiger partial charge in [-0.1, -0.05) is 12.1 Å². The van der Waals surface area contributed by atoms with Crippen molar-refractivity contribution in [3.05, 3.63) is 50.5 Å². The third-order valence-electron chi connectivity index (χ3n) is 3.16. The van der Waals surface area contributed by atoms with Crippen LogP contribution in [0.15, 0.2) is 38.4 Å². The van der Waals surface area contributed by atoms with Crippen LogP contribution in [0, 0.1) is 0 Å². The number of H-pyrrole nitrogens is 1. The molecule has 0 bridgehead atoms. The number of benzene rings is 1. The van der Waals surface area contributed by atoms with Crippen molar-refractivity contribution in [1.29, 1.82) is 0 Å². The predicted octanol–water partition coefficient (Wildman–Crippen LogP) is 3.18. The van der Waals surface area contributed by atoms with Crippen LogP contribution >= 0.6 is 27.7 Å². The quantitative estimate of drug-likeness (QED) is 0.833. The second-order valence-electron chi connectivity index (χ2n) is 4.59. The Morgan fingerprint density at radius 1 is 1.35 bits per heavy atom. The van der Waals surface area contributed by atoms with E-state index in [2.05, 4.69) is 31.2 Å². The van der Waals surface area contributed by atoms with Crippen molar-refractivity contribution < 1.29 is 0 Å². The molecule has 6 heteroatoms. The predicted molar refractivity (Wildman–Crippen MR) is 85.4 cm³/mol. The van der Waals surface area contributed by atoms with Crippen molar-refractivity contribution in [1.82, 2.24) is 9.97 Å². The van der Waals surface area contributed by atoms with Crippen LogP contribution in [-0.2, 0) is 12.2 Å². The van der Waals surface area contributed by atoms with Gasteiger partial charge in [0.05, 0.1) is 11.3 Å².